The number of amides is 2. The molecular formula is C27H24ClN3O4S. The number of carbonyl (C=O) groups excluding carboxylic acids is 3. The number of esters is 1. The Morgan fingerprint density at radius 2 is 1.81 bits per heavy atom. The van der Waals surface area contributed by atoms with Gasteiger partial charge in [0.25, 0.3) is 5.91 Å². The van der Waals surface area contributed by atoms with Crippen LogP contribution in [0.3, 0.4) is 0 Å². The predicted molar refractivity (Wildman–Crippen MR) is 143 cm³/mol. The monoisotopic (exact) mass is 521 g/mol. The van der Waals surface area contributed by atoms with Crippen molar-refractivity contribution in [2.24, 2.45) is 0 Å². The molecule has 0 aromatic heterocycles. The number of hydrogen-bond donors (Lipinski definition) is 1. The van der Waals surface area contributed by atoms with E-state index in [1.165, 1.54) is 19.2 Å². The van der Waals surface area contributed by atoms with Gasteiger partial charge >= 0.3 is 5.97 Å². The molecule has 7 nitrogen and oxygen atoms in total. The summed E-state index contributed by atoms with van der Waals surface area (Å²) in [5, 5.41) is 4.02. The Morgan fingerprint density at radius 1 is 1.08 bits per heavy atom. The second-order valence-electron chi connectivity index (χ2n) is 8.20. The van der Waals surface area contributed by atoms with Crippen molar-refractivity contribution >= 4 is 58.1 Å². The quantitative estimate of drug-likeness (QED) is 0.274. The zero-order valence-corrected chi connectivity index (χ0v) is 21.1. The summed E-state index contributed by atoms with van der Waals surface area (Å²) >= 11 is 11.8. The molecule has 1 atom stereocenters. The van der Waals surface area contributed by atoms with Crippen LogP contribution in [0.2, 0.25) is 5.02 Å². The lowest BCUT2D eigenvalue weighted by molar-refractivity contribution is -0.122. The van der Waals surface area contributed by atoms with Gasteiger partial charge in [0, 0.05) is 17.3 Å². The minimum absolute atomic E-state index is 0.0241. The lowest BCUT2D eigenvalue weighted by Crippen LogP contribution is -2.48. The lowest BCUT2D eigenvalue weighted by Gasteiger charge is -2.30. The molecule has 36 heavy (non-hydrogen) atoms. The van der Waals surface area contributed by atoms with E-state index in [0.717, 1.165) is 10.5 Å². The van der Waals surface area contributed by atoms with E-state index in [1.54, 1.807) is 35.2 Å². The molecule has 0 aliphatic carbocycles. The number of carbonyl (C=O) groups is 3. The first-order valence-corrected chi connectivity index (χ1v) is 12.1. The van der Waals surface area contributed by atoms with Gasteiger partial charge in [-0.15, -0.1) is 0 Å². The average molecular weight is 522 g/mol. The van der Waals surface area contributed by atoms with Crippen molar-refractivity contribution in [1.29, 1.82) is 0 Å². The van der Waals surface area contributed by atoms with Crippen molar-refractivity contribution in [2.45, 2.75) is 18.9 Å². The second-order valence-corrected chi connectivity index (χ2v) is 9.02. The van der Waals surface area contributed by atoms with E-state index in [9.17, 15) is 14.4 Å². The Labute approximate surface area is 219 Å². The fraction of sp³-hybridized carbons (Fsp3) is 0.185. The summed E-state index contributed by atoms with van der Waals surface area (Å²) in [7, 11) is 1.29. The van der Waals surface area contributed by atoms with Crippen LogP contribution < -0.4 is 10.2 Å². The zero-order valence-electron chi connectivity index (χ0n) is 19.5. The average Bonchev–Trinajstić information content (AvgIpc) is 3.17. The van der Waals surface area contributed by atoms with Crippen molar-refractivity contribution in [3.8, 4) is 0 Å². The molecule has 0 radical (unpaired) electrons. The third kappa shape index (κ3) is 5.72. The molecule has 2 amide bonds. The van der Waals surface area contributed by atoms with Crippen LogP contribution in [-0.2, 0) is 20.7 Å². The first kappa shape index (κ1) is 25.3. The number of methoxy groups -OCH3 is 1. The number of benzene rings is 3. The number of nitrogens with zero attached hydrogens (tertiary/aromatic N) is 2. The molecule has 1 aliphatic heterocycles. The minimum atomic E-state index is -0.777. The van der Waals surface area contributed by atoms with Gasteiger partial charge < -0.3 is 15.0 Å². The Bertz CT molecular complexity index is 1280. The fourth-order valence-corrected chi connectivity index (χ4v) is 4.58. The number of thiocarbonyl (C=S) groups is 1. The number of halogens is 1. The number of imide groups is 1. The van der Waals surface area contributed by atoms with Gasteiger partial charge in [0.05, 0.1) is 24.8 Å². The van der Waals surface area contributed by atoms with Crippen LogP contribution in [0.15, 0.2) is 78.9 Å². The highest BCUT2D eigenvalue weighted by Gasteiger charge is 2.43. The van der Waals surface area contributed by atoms with Crippen LogP contribution in [0.4, 0.5) is 11.4 Å². The summed E-state index contributed by atoms with van der Waals surface area (Å²) in [6.45, 7) is 0.426. The van der Waals surface area contributed by atoms with Crippen molar-refractivity contribution in [3.63, 3.8) is 0 Å². The van der Waals surface area contributed by atoms with Gasteiger partial charge in [0.1, 0.15) is 6.04 Å². The van der Waals surface area contributed by atoms with Crippen molar-refractivity contribution in [3.05, 3.63) is 95.0 Å². The highest BCUT2D eigenvalue weighted by Crippen LogP contribution is 2.27. The van der Waals surface area contributed by atoms with E-state index in [0.29, 0.717) is 40.0 Å². The summed E-state index contributed by atoms with van der Waals surface area (Å²) in [6, 6.07) is 22.3. The van der Waals surface area contributed by atoms with Crippen molar-refractivity contribution < 1.29 is 19.1 Å². The number of ether oxygens (including phenoxy) is 1. The third-order valence-electron chi connectivity index (χ3n) is 5.87. The number of anilines is 2. The highest BCUT2D eigenvalue weighted by molar-refractivity contribution is 7.80. The summed E-state index contributed by atoms with van der Waals surface area (Å²) in [5.74, 6) is -1.22. The molecule has 1 unspecified atom stereocenters. The van der Waals surface area contributed by atoms with E-state index < -0.39 is 12.0 Å². The molecule has 4 rings (SSSR count). The van der Waals surface area contributed by atoms with Gasteiger partial charge in [-0.05, 0) is 66.7 Å². The first-order valence-electron chi connectivity index (χ1n) is 11.3. The standard InChI is InChI=1S/C27H24ClN3O4S/c1-35-26(34)19-10-12-22(13-11-19)31-24(32)17-23(25(31)33)30(15-14-18-6-3-2-4-7-18)27(36)29-21-9-5-8-20(28)16-21/h2-13,16,23H,14-15,17H2,1H3,(H,29,36). The van der Waals surface area contributed by atoms with Crippen LogP contribution in [-0.4, -0.2) is 47.5 Å². The SMILES string of the molecule is COC(=O)c1ccc(N2C(=O)CC(N(CCc3ccccc3)C(=S)Nc3cccc(Cl)c3)C2=O)cc1. The van der Waals surface area contributed by atoms with Gasteiger partial charge in [0.15, 0.2) is 5.11 Å². The molecule has 1 saturated heterocycles. The van der Waals surface area contributed by atoms with Gasteiger partial charge in [0.2, 0.25) is 5.91 Å². The highest BCUT2D eigenvalue weighted by atomic mass is 35.5. The number of rotatable bonds is 7. The zero-order chi connectivity index (χ0) is 25.7. The molecule has 0 bridgehead atoms. The molecule has 1 aliphatic rings. The summed E-state index contributed by atoms with van der Waals surface area (Å²) < 4.78 is 4.72. The summed E-state index contributed by atoms with van der Waals surface area (Å²) in [6.07, 6.45) is 0.605. The lowest BCUT2D eigenvalue weighted by atomic mass is 10.1. The van der Waals surface area contributed by atoms with Crippen LogP contribution >= 0.6 is 23.8 Å². The normalized spacial score (nSPS) is 15.1. The molecule has 1 heterocycles. The minimum Gasteiger partial charge on any atom is -0.465 e. The van der Waals surface area contributed by atoms with Crippen LogP contribution in [0.1, 0.15) is 22.3 Å². The predicted octanol–water partition coefficient (Wildman–Crippen LogP) is 4.70. The van der Waals surface area contributed by atoms with Crippen LogP contribution in [0.5, 0.6) is 0 Å². The van der Waals surface area contributed by atoms with Gasteiger partial charge in [-0.25, -0.2) is 9.69 Å². The third-order valence-corrected chi connectivity index (χ3v) is 6.44. The Balaban J connectivity index is 1.58. The van der Waals surface area contributed by atoms with Crippen LogP contribution in [0, 0.1) is 0 Å². The largest absolute Gasteiger partial charge is 0.465 e. The number of hydrogen-bond acceptors (Lipinski definition) is 5. The topological polar surface area (TPSA) is 79.0 Å². The second kappa shape index (κ2) is 11.3. The van der Waals surface area contributed by atoms with E-state index >= 15 is 0 Å². The number of nitrogens with one attached hydrogen (secondary N) is 1. The molecule has 1 fully saturated rings. The Hall–Kier alpha value is -3.75. The van der Waals surface area contributed by atoms with Crippen molar-refractivity contribution in [1.82, 2.24) is 4.90 Å². The van der Waals surface area contributed by atoms with E-state index in [2.05, 4.69) is 5.32 Å². The van der Waals surface area contributed by atoms with Crippen LogP contribution in [0.25, 0.3) is 0 Å². The van der Waals surface area contributed by atoms with Crippen molar-refractivity contribution in [2.75, 3.05) is 23.9 Å². The van der Waals surface area contributed by atoms with E-state index in [1.807, 2.05) is 36.4 Å². The molecular weight excluding hydrogens is 498 g/mol. The molecule has 3 aromatic carbocycles. The smallest absolute Gasteiger partial charge is 0.337 e. The fourth-order valence-electron chi connectivity index (χ4n) is 4.05. The maximum atomic E-state index is 13.5. The Kier molecular flexibility index (Phi) is 7.97. The summed E-state index contributed by atoms with van der Waals surface area (Å²) in [4.78, 5) is 41.1. The first-order chi connectivity index (χ1) is 17.4. The van der Waals surface area contributed by atoms with E-state index in [-0.39, 0.29) is 18.2 Å². The summed E-state index contributed by atoms with van der Waals surface area (Å²) in [5.41, 5.74) is 2.48. The molecule has 0 spiro atoms. The van der Waals surface area contributed by atoms with Gasteiger partial charge in [-0.1, -0.05) is 48.0 Å². The molecule has 184 valence electrons. The maximum Gasteiger partial charge on any atom is 0.337 e. The molecule has 1 N–H and O–H groups in total. The molecule has 9 heteroatoms. The Morgan fingerprint density at radius 3 is 2.47 bits per heavy atom. The van der Waals surface area contributed by atoms with Gasteiger partial charge in [-0.3, -0.25) is 9.59 Å². The molecule has 3 aromatic rings. The maximum absolute atomic E-state index is 13.5. The van der Waals surface area contributed by atoms with E-state index in [4.69, 9.17) is 28.6 Å². The van der Waals surface area contributed by atoms with Gasteiger partial charge in [-0.2, -0.15) is 0 Å². The molecule has 0 saturated carbocycles.